The highest BCUT2D eigenvalue weighted by Crippen LogP contribution is 2.46. The van der Waals surface area contributed by atoms with Crippen LogP contribution in [0.2, 0.25) is 0 Å². The van der Waals surface area contributed by atoms with Crippen LogP contribution in [0.5, 0.6) is 0 Å². The lowest BCUT2D eigenvalue weighted by atomic mass is 10.1. The van der Waals surface area contributed by atoms with Gasteiger partial charge < -0.3 is 9.39 Å². The summed E-state index contributed by atoms with van der Waals surface area (Å²) in [6.07, 6.45) is 1.76. The first-order valence-corrected chi connectivity index (χ1v) is 7.82. The predicted molar refractivity (Wildman–Crippen MR) is 72.2 cm³/mol. The van der Waals surface area contributed by atoms with E-state index in [1.165, 1.54) is 4.68 Å². The van der Waals surface area contributed by atoms with Gasteiger partial charge in [0, 0.05) is 13.0 Å². The summed E-state index contributed by atoms with van der Waals surface area (Å²) in [5, 5.41) is 7.02. The van der Waals surface area contributed by atoms with Crippen molar-refractivity contribution in [2.24, 2.45) is 12.2 Å². The molecule has 21 heavy (non-hydrogen) atoms. The van der Waals surface area contributed by atoms with Gasteiger partial charge in [0.15, 0.2) is 0 Å². The van der Waals surface area contributed by atoms with Gasteiger partial charge in [-0.3, -0.25) is 4.68 Å². The molecule has 1 aromatic heterocycles. The van der Waals surface area contributed by atoms with Crippen molar-refractivity contribution in [1.29, 1.82) is 0 Å². The maximum absolute atomic E-state index is 14.6. The van der Waals surface area contributed by atoms with E-state index in [0.29, 0.717) is 5.69 Å². The molecule has 1 saturated carbocycles. The van der Waals surface area contributed by atoms with E-state index in [1.54, 1.807) is 20.9 Å². The SMILES string of the molecule is Cn1nnc(C(F)(F)[S+]([O-])C2=NOC(C)(C)C2)c1C1CC1. The molecule has 0 saturated heterocycles. The molecule has 1 aliphatic carbocycles. The van der Waals surface area contributed by atoms with Crippen molar-refractivity contribution in [3.63, 3.8) is 0 Å². The van der Waals surface area contributed by atoms with Crippen molar-refractivity contribution in [2.75, 3.05) is 0 Å². The molecule has 0 radical (unpaired) electrons. The Balaban J connectivity index is 1.90. The largest absolute Gasteiger partial charge is 0.605 e. The van der Waals surface area contributed by atoms with E-state index in [2.05, 4.69) is 15.5 Å². The third-order valence-electron chi connectivity index (χ3n) is 3.53. The molecule has 1 aliphatic heterocycles. The fourth-order valence-electron chi connectivity index (χ4n) is 2.32. The Hall–Kier alpha value is -1.22. The van der Waals surface area contributed by atoms with Crippen LogP contribution in [0.4, 0.5) is 8.78 Å². The molecular weight excluding hydrogens is 302 g/mol. The van der Waals surface area contributed by atoms with Crippen molar-refractivity contribution < 1.29 is 18.2 Å². The average Bonchev–Trinajstić information content (AvgIpc) is 3.06. The number of rotatable bonds is 3. The first-order valence-electron chi connectivity index (χ1n) is 6.67. The van der Waals surface area contributed by atoms with Crippen LogP contribution in [-0.2, 0) is 28.3 Å². The summed E-state index contributed by atoms with van der Waals surface area (Å²) in [4.78, 5) is 5.02. The number of aromatic nitrogens is 3. The Morgan fingerprint density at radius 3 is 2.62 bits per heavy atom. The van der Waals surface area contributed by atoms with Crippen LogP contribution in [-0.4, -0.2) is 30.2 Å². The molecule has 0 amide bonds. The van der Waals surface area contributed by atoms with Crippen LogP contribution >= 0.6 is 0 Å². The van der Waals surface area contributed by atoms with Crippen LogP contribution in [0.25, 0.3) is 0 Å². The number of alkyl halides is 2. The molecule has 9 heteroatoms. The zero-order valence-corrected chi connectivity index (χ0v) is 12.8. The third-order valence-corrected chi connectivity index (χ3v) is 4.83. The van der Waals surface area contributed by atoms with Crippen molar-refractivity contribution in [3.05, 3.63) is 11.4 Å². The second kappa shape index (κ2) is 4.64. The first-order chi connectivity index (χ1) is 9.72. The van der Waals surface area contributed by atoms with Crippen molar-refractivity contribution in [1.82, 2.24) is 15.0 Å². The molecule has 1 unspecified atom stereocenters. The summed E-state index contributed by atoms with van der Waals surface area (Å²) >= 11 is -2.61. The molecule has 0 bridgehead atoms. The highest BCUT2D eigenvalue weighted by Gasteiger charge is 2.57. The minimum atomic E-state index is -3.62. The quantitative estimate of drug-likeness (QED) is 0.799. The molecule has 0 N–H and O–H groups in total. The van der Waals surface area contributed by atoms with Crippen molar-refractivity contribution >= 4 is 16.2 Å². The molecule has 0 aromatic carbocycles. The molecule has 6 nitrogen and oxygen atoms in total. The van der Waals surface area contributed by atoms with Crippen LogP contribution < -0.4 is 0 Å². The Bertz CT molecular complexity index is 598. The van der Waals surface area contributed by atoms with Gasteiger partial charge in [-0.05, 0) is 31.8 Å². The average molecular weight is 318 g/mol. The van der Waals surface area contributed by atoms with E-state index in [1.807, 2.05) is 0 Å². The van der Waals surface area contributed by atoms with E-state index >= 15 is 0 Å². The lowest BCUT2D eigenvalue weighted by Gasteiger charge is -2.19. The van der Waals surface area contributed by atoms with E-state index in [4.69, 9.17) is 4.84 Å². The smallest absolute Gasteiger partial charge is 0.461 e. The number of halogens is 2. The monoisotopic (exact) mass is 318 g/mol. The molecule has 3 rings (SSSR count). The van der Waals surface area contributed by atoms with E-state index in [9.17, 15) is 13.3 Å². The topological polar surface area (TPSA) is 75.4 Å². The van der Waals surface area contributed by atoms with Crippen LogP contribution in [0.3, 0.4) is 0 Å². The number of nitrogens with zero attached hydrogens (tertiary/aromatic N) is 4. The second-order valence-electron chi connectivity index (χ2n) is 6.02. The summed E-state index contributed by atoms with van der Waals surface area (Å²) in [5.74, 6) is 0.0288. The summed E-state index contributed by atoms with van der Waals surface area (Å²) in [7, 11) is 1.57. The molecule has 1 atom stereocenters. The van der Waals surface area contributed by atoms with Crippen LogP contribution in [0.15, 0.2) is 5.16 Å². The number of hydrogen-bond acceptors (Lipinski definition) is 5. The first kappa shape index (κ1) is 14.7. The van der Waals surface area contributed by atoms with Crippen LogP contribution in [0, 0.1) is 0 Å². The minimum absolute atomic E-state index is 0.0288. The summed E-state index contributed by atoms with van der Waals surface area (Å²) < 4.78 is 42.7. The highest BCUT2D eigenvalue weighted by molar-refractivity contribution is 8.06. The van der Waals surface area contributed by atoms with Crippen molar-refractivity contribution in [3.8, 4) is 0 Å². The number of hydrogen-bond donors (Lipinski definition) is 0. The Morgan fingerprint density at radius 1 is 1.43 bits per heavy atom. The molecule has 116 valence electrons. The Labute approximate surface area is 123 Å². The predicted octanol–water partition coefficient (Wildman–Crippen LogP) is 2.00. The van der Waals surface area contributed by atoms with E-state index in [-0.39, 0.29) is 17.4 Å². The molecular formula is C12H16F2N4O2S. The van der Waals surface area contributed by atoms with Gasteiger partial charge in [-0.25, -0.2) is 0 Å². The Morgan fingerprint density at radius 2 is 2.10 bits per heavy atom. The van der Waals surface area contributed by atoms with Gasteiger partial charge in [-0.2, -0.15) is 0 Å². The standard InChI is InChI=1S/C12H16F2N4O2S/c1-11(2)6-8(16-20-11)21(19)12(13,14)10-9(7-4-5-7)18(3)17-15-10/h7H,4-6H2,1-3H3. The van der Waals surface area contributed by atoms with Gasteiger partial charge in [0.2, 0.25) is 5.69 Å². The molecule has 2 aliphatic rings. The van der Waals surface area contributed by atoms with Gasteiger partial charge >= 0.3 is 5.25 Å². The third kappa shape index (κ3) is 2.52. The van der Waals surface area contributed by atoms with E-state index < -0.39 is 27.7 Å². The van der Waals surface area contributed by atoms with Gasteiger partial charge in [0.1, 0.15) is 5.60 Å². The zero-order chi connectivity index (χ0) is 15.4. The fourth-order valence-corrected chi connectivity index (χ4v) is 3.53. The fraction of sp³-hybridized carbons (Fsp3) is 0.750. The van der Waals surface area contributed by atoms with Gasteiger partial charge in [-0.1, -0.05) is 5.21 Å². The maximum atomic E-state index is 14.6. The number of aryl methyl sites for hydroxylation is 1. The maximum Gasteiger partial charge on any atom is 0.461 e. The van der Waals surface area contributed by atoms with Crippen molar-refractivity contribution in [2.45, 2.75) is 49.9 Å². The van der Waals surface area contributed by atoms with E-state index in [0.717, 1.165) is 12.8 Å². The van der Waals surface area contributed by atoms with Gasteiger partial charge in [0.05, 0.1) is 23.3 Å². The second-order valence-corrected chi connectivity index (χ2v) is 7.54. The lowest BCUT2D eigenvalue weighted by Crippen LogP contribution is -2.35. The normalized spacial score (nSPS) is 22.9. The molecule has 2 heterocycles. The molecule has 1 aromatic rings. The lowest BCUT2D eigenvalue weighted by molar-refractivity contribution is 0.0123. The van der Waals surface area contributed by atoms with Crippen LogP contribution in [0.1, 0.15) is 50.4 Å². The minimum Gasteiger partial charge on any atom is -0.605 e. The summed E-state index contributed by atoms with van der Waals surface area (Å²) in [6.45, 7) is 3.41. The zero-order valence-electron chi connectivity index (χ0n) is 12.0. The van der Waals surface area contributed by atoms with Gasteiger partial charge in [-0.15, -0.1) is 13.9 Å². The summed E-state index contributed by atoms with van der Waals surface area (Å²) in [5.41, 5.74) is -0.840. The number of oxime groups is 1. The van der Waals surface area contributed by atoms with Gasteiger partial charge in [0.25, 0.3) is 5.04 Å². The molecule has 0 spiro atoms. The summed E-state index contributed by atoms with van der Waals surface area (Å²) in [6, 6.07) is 0. The highest BCUT2D eigenvalue weighted by atomic mass is 32.2. The Kier molecular flexibility index (Phi) is 3.25. The molecule has 1 fully saturated rings.